The van der Waals surface area contributed by atoms with E-state index in [0.29, 0.717) is 10.0 Å². The Labute approximate surface area is 147 Å². The lowest BCUT2D eigenvalue weighted by molar-refractivity contribution is -0.918. The van der Waals surface area contributed by atoms with Crippen molar-refractivity contribution in [3.05, 3.63) is 69.7 Å². The lowest BCUT2D eigenvalue weighted by Crippen LogP contribution is -3.13. The molecule has 1 heterocycles. The third kappa shape index (κ3) is 4.47. The quantitative estimate of drug-likeness (QED) is 0.842. The number of nitrogens with zero attached hydrogens (tertiary/aromatic N) is 2. The van der Waals surface area contributed by atoms with Gasteiger partial charge in [-0.3, -0.25) is 5.01 Å². The Hall–Kier alpha value is -1.55. The first-order valence-electron chi connectivity index (χ1n) is 7.83. The summed E-state index contributed by atoms with van der Waals surface area (Å²) in [4.78, 5) is 1.60. The number of piperazine rings is 1. The molecule has 0 saturated carbocycles. The van der Waals surface area contributed by atoms with E-state index in [4.69, 9.17) is 23.2 Å². The summed E-state index contributed by atoms with van der Waals surface area (Å²) in [7, 11) is 0. The predicted molar refractivity (Wildman–Crippen MR) is 96.5 cm³/mol. The highest BCUT2D eigenvalue weighted by Gasteiger charge is 2.18. The molecule has 2 aromatic carbocycles. The van der Waals surface area contributed by atoms with E-state index in [1.807, 2.05) is 18.2 Å². The van der Waals surface area contributed by atoms with E-state index in [1.54, 1.807) is 11.1 Å². The molecule has 120 valence electrons. The van der Waals surface area contributed by atoms with Gasteiger partial charge in [0.1, 0.15) is 6.54 Å². The van der Waals surface area contributed by atoms with Crippen LogP contribution in [0, 0.1) is 0 Å². The molecule has 3 rings (SSSR count). The minimum Gasteiger partial charge on any atom is -0.328 e. The zero-order chi connectivity index (χ0) is 16.1. The highest BCUT2D eigenvalue weighted by atomic mass is 35.5. The number of hydrogen-bond donors (Lipinski definition) is 1. The van der Waals surface area contributed by atoms with Crippen molar-refractivity contribution in [3.63, 3.8) is 0 Å². The van der Waals surface area contributed by atoms with Crippen LogP contribution in [0.5, 0.6) is 0 Å². The van der Waals surface area contributed by atoms with E-state index in [1.165, 1.54) is 5.56 Å². The van der Waals surface area contributed by atoms with Crippen LogP contribution in [-0.2, 0) is 6.54 Å². The first kappa shape index (κ1) is 16.3. The molecule has 0 aliphatic carbocycles. The Bertz CT molecular complexity index is 645. The number of rotatable bonds is 4. The van der Waals surface area contributed by atoms with Crippen LogP contribution in [0.15, 0.2) is 53.6 Å². The molecule has 1 saturated heterocycles. The van der Waals surface area contributed by atoms with Crippen LogP contribution in [-0.4, -0.2) is 37.4 Å². The third-order valence-electron chi connectivity index (χ3n) is 4.09. The largest absolute Gasteiger partial charge is 0.328 e. The van der Waals surface area contributed by atoms with Crippen molar-refractivity contribution in [2.24, 2.45) is 5.10 Å². The maximum atomic E-state index is 6.16. The molecule has 5 heteroatoms. The van der Waals surface area contributed by atoms with Crippen molar-refractivity contribution in [3.8, 4) is 0 Å². The van der Waals surface area contributed by atoms with Crippen LogP contribution in [0.25, 0.3) is 0 Å². The molecule has 0 amide bonds. The third-order valence-corrected chi connectivity index (χ3v) is 4.75. The van der Waals surface area contributed by atoms with Crippen molar-refractivity contribution in [1.82, 2.24) is 5.01 Å². The van der Waals surface area contributed by atoms with E-state index in [2.05, 4.69) is 40.4 Å². The van der Waals surface area contributed by atoms with Gasteiger partial charge < -0.3 is 4.90 Å². The number of nitrogens with one attached hydrogen (secondary N) is 1. The Morgan fingerprint density at radius 2 is 1.61 bits per heavy atom. The van der Waals surface area contributed by atoms with Crippen molar-refractivity contribution in [1.29, 1.82) is 0 Å². The number of benzene rings is 2. The first-order chi connectivity index (χ1) is 11.2. The Morgan fingerprint density at radius 1 is 0.957 bits per heavy atom. The fourth-order valence-electron chi connectivity index (χ4n) is 2.76. The van der Waals surface area contributed by atoms with Crippen molar-refractivity contribution >= 4 is 29.4 Å². The van der Waals surface area contributed by atoms with Crippen LogP contribution >= 0.6 is 23.2 Å². The van der Waals surface area contributed by atoms with Gasteiger partial charge in [-0.2, -0.15) is 5.10 Å². The molecule has 0 bridgehead atoms. The molecule has 1 fully saturated rings. The number of halogens is 2. The molecule has 1 aliphatic heterocycles. The number of quaternary nitrogens is 1. The second kappa shape index (κ2) is 7.82. The normalized spacial score (nSPS) is 16.2. The summed E-state index contributed by atoms with van der Waals surface area (Å²) in [5.41, 5.74) is 2.18. The second-order valence-electron chi connectivity index (χ2n) is 5.75. The Balaban J connectivity index is 1.54. The van der Waals surface area contributed by atoms with Crippen molar-refractivity contribution in [2.75, 3.05) is 26.2 Å². The lowest BCUT2D eigenvalue weighted by atomic mass is 10.2. The van der Waals surface area contributed by atoms with Crippen LogP contribution in [0.2, 0.25) is 10.0 Å². The Kier molecular flexibility index (Phi) is 5.55. The predicted octanol–water partition coefficient (Wildman–Crippen LogP) is 2.73. The molecule has 1 aliphatic rings. The minimum absolute atomic E-state index is 0.634. The minimum atomic E-state index is 0.634. The summed E-state index contributed by atoms with van der Waals surface area (Å²) >= 11 is 12.3. The summed E-state index contributed by atoms with van der Waals surface area (Å²) in [6, 6.07) is 16.1. The fraction of sp³-hybridized carbons (Fsp3) is 0.278. The summed E-state index contributed by atoms with van der Waals surface area (Å²) in [6.07, 6.45) is 1.77. The summed E-state index contributed by atoms with van der Waals surface area (Å²) in [6.45, 7) is 5.14. The second-order valence-corrected chi connectivity index (χ2v) is 6.56. The number of hydrazone groups is 1. The summed E-state index contributed by atoms with van der Waals surface area (Å²) < 4.78 is 0. The standard InChI is InChI=1S/C18H19Cl2N3/c19-17-7-4-8-18(20)16(17)13-21-23-11-9-22(10-12-23)14-15-5-2-1-3-6-15/h1-8,13H,9-12,14H2/p+1. The van der Waals surface area contributed by atoms with Gasteiger partial charge in [0, 0.05) is 11.1 Å². The van der Waals surface area contributed by atoms with Gasteiger partial charge in [-0.1, -0.05) is 59.6 Å². The molecular weight excluding hydrogens is 329 g/mol. The van der Waals surface area contributed by atoms with Crippen LogP contribution < -0.4 is 4.90 Å². The summed E-state index contributed by atoms with van der Waals surface area (Å²) in [5, 5.41) is 7.90. The zero-order valence-corrected chi connectivity index (χ0v) is 14.4. The zero-order valence-electron chi connectivity index (χ0n) is 12.9. The van der Waals surface area contributed by atoms with E-state index < -0.39 is 0 Å². The fourth-order valence-corrected chi connectivity index (χ4v) is 3.26. The van der Waals surface area contributed by atoms with Crippen LogP contribution in [0.3, 0.4) is 0 Å². The Morgan fingerprint density at radius 3 is 2.26 bits per heavy atom. The highest BCUT2D eigenvalue weighted by Crippen LogP contribution is 2.22. The molecule has 2 aromatic rings. The van der Waals surface area contributed by atoms with E-state index >= 15 is 0 Å². The van der Waals surface area contributed by atoms with Crippen molar-refractivity contribution in [2.45, 2.75) is 6.54 Å². The molecular formula is C18H20Cl2N3+. The average Bonchev–Trinajstić information content (AvgIpc) is 2.57. The van der Waals surface area contributed by atoms with E-state index in [9.17, 15) is 0 Å². The molecule has 0 atom stereocenters. The van der Waals surface area contributed by atoms with Gasteiger partial charge in [-0.05, 0) is 12.1 Å². The van der Waals surface area contributed by atoms with Gasteiger partial charge in [0.25, 0.3) is 0 Å². The SMILES string of the molecule is Clc1cccc(Cl)c1C=NN1CC[NH+](Cc2ccccc2)CC1. The average molecular weight is 349 g/mol. The molecule has 0 radical (unpaired) electrons. The number of hydrogen-bond acceptors (Lipinski definition) is 2. The van der Waals surface area contributed by atoms with Gasteiger partial charge in [0.15, 0.2) is 0 Å². The molecule has 3 nitrogen and oxygen atoms in total. The van der Waals surface area contributed by atoms with E-state index in [0.717, 1.165) is 38.3 Å². The maximum Gasteiger partial charge on any atom is 0.103 e. The van der Waals surface area contributed by atoms with Gasteiger partial charge in [-0.15, -0.1) is 0 Å². The van der Waals surface area contributed by atoms with Gasteiger partial charge in [0.2, 0.25) is 0 Å². The lowest BCUT2D eigenvalue weighted by Gasteiger charge is -2.30. The monoisotopic (exact) mass is 348 g/mol. The molecule has 0 unspecified atom stereocenters. The molecule has 1 N–H and O–H groups in total. The van der Waals surface area contributed by atoms with Gasteiger partial charge in [0.05, 0.1) is 42.4 Å². The topological polar surface area (TPSA) is 20.0 Å². The van der Waals surface area contributed by atoms with Crippen LogP contribution in [0.1, 0.15) is 11.1 Å². The maximum absolute atomic E-state index is 6.16. The van der Waals surface area contributed by atoms with Crippen LogP contribution in [0.4, 0.5) is 0 Å². The molecule has 0 spiro atoms. The molecule has 0 aromatic heterocycles. The van der Waals surface area contributed by atoms with Gasteiger partial charge in [-0.25, -0.2) is 0 Å². The first-order valence-corrected chi connectivity index (χ1v) is 8.58. The van der Waals surface area contributed by atoms with Crippen molar-refractivity contribution < 1.29 is 4.90 Å². The van der Waals surface area contributed by atoms with Gasteiger partial charge >= 0.3 is 0 Å². The smallest absolute Gasteiger partial charge is 0.103 e. The molecule has 23 heavy (non-hydrogen) atoms. The highest BCUT2D eigenvalue weighted by molar-refractivity contribution is 6.38. The summed E-state index contributed by atoms with van der Waals surface area (Å²) in [5.74, 6) is 0. The van der Waals surface area contributed by atoms with E-state index in [-0.39, 0.29) is 0 Å².